The van der Waals surface area contributed by atoms with E-state index in [1.54, 1.807) is 30.5 Å². The third-order valence-electron chi connectivity index (χ3n) is 5.00. The van der Waals surface area contributed by atoms with Crippen LogP contribution in [0.25, 0.3) is 0 Å². The van der Waals surface area contributed by atoms with Gasteiger partial charge in [0.15, 0.2) is 0 Å². The molecule has 5 nitrogen and oxygen atoms in total. The zero-order chi connectivity index (χ0) is 20.1. The maximum absolute atomic E-state index is 13.3. The number of hydrogen-bond donors (Lipinski definition) is 1. The summed E-state index contributed by atoms with van der Waals surface area (Å²) in [6.07, 6.45) is 1.60. The Labute approximate surface area is 169 Å². The summed E-state index contributed by atoms with van der Waals surface area (Å²) < 4.78 is 13.3. The van der Waals surface area contributed by atoms with Crippen molar-refractivity contribution in [3.8, 4) is 0 Å². The van der Waals surface area contributed by atoms with E-state index in [1.165, 1.54) is 17.7 Å². The van der Waals surface area contributed by atoms with Crippen LogP contribution in [0.4, 0.5) is 15.8 Å². The van der Waals surface area contributed by atoms with Gasteiger partial charge < -0.3 is 10.2 Å². The van der Waals surface area contributed by atoms with Gasteiger partial charge in [0, 0.05) is 38.4 Å². The first-order valence-electron chi connectivity index (χ1n) is 9.71. The predicted molar refractivity (Wildman–Crippen MR) is 112 cm³/mol. The van der Waals surface area contributed by atoms with E-state index in [9.17, 15) is 9.18 Å². The first kappa shape index (κ1) is 19.1. The van der Waals surface area contributed by atoms with Crippen molar-refractivity contribution in [1.82, 2.24) is 14.8 Å². The van der Waals surface area contributed by atoms with Gasteiger partial charge in [0.1, 0.15) is 11.5 Å². The normalized spacial score (nSPS) is 14.6. The fourth-order valence-corrected chi connectivity index (χ4v) is 3.44. The van der Waals surface area contributed by atoms with E-state index in [4.69, 9.17) is 0 Å². The summed E-state index contributed by atoms with van der Waals surface area (Å²) in [5.41, 5.74) is 3.06. The summed E-state index contributed by atoms with van der Waals surface area (Å²) in [7, 11) is 0. The van der Waals surface area contributed by atoms with E-state index in [1.807, 2.05) is 23.1 Å². The van der Waals surface area contributed by atoms with Gasteiger partial charge in [0.05, 0.1) is 11.9 Å². The van der Waals surface area contributed by atoms with Crippen LogP contribution in [0.5, 0.6) is 0 Å². The molecular formula is C23H23FN4O. The Morgan fingerprint density at radius 1 is 0.931 bits per heavy atom. The Morgan fingerprint density at radius 2 is 1.72 bits per heavy atom. The third-order valence-corrected chi connectivity index (χ3v) is 5.00. The topological polar surface area (TPSA) is 48.5 Å². The van der Waals surface area contributed by atoms with E-state index >= 15 is 0 Å². The van der Waals surface area contributed by atoms with Crippen LogP contribution in [0.3, 0.4) is 0 Å². The number of benzene rings is 2. The summed E-state index contributed by atoms with van der Waals surface area (Å²) >= 11 is 0. The molecule has 0 radical (unpaired) electrons. The summed E-state index contributed by atoms with van der Waals surface area (Å²) in [6, 6.07) is 20.1. The van der Waals surface area contributed by atoms with Crippen molar-refractivity contribution in [1.29, 1.82) is 0 Å². The van der Waals surface area contributed by atoms with Gasteiger partial charge in [-0.05, 0) is 35.9 Å². The smallest absolute Gasteiger partial charge is 0.272 e. The highest BCUT2D eigenvalue weighted by Gasteiger charge is 2.22. The Hall–Kier alpha value is -3.25. The summed E-state index contributed by atoms with van der Waals surface area (Å²) in [5.74, 6) is -0.358. The van der Waals surface area contributed by atoms with Crippen molar-refractivity contribution in [3.63, 3.8) is 0 Å². The van der Waals surface area contributed by atoms with Gasteiger partial charge in [-0.3, -0.25) is 9.69 Å². The molecular weight excluding hydrogens is 367 g/mol. The van der Waals surface area contributed by atoms with Gasteiger partial charge in [-0.1, -0.05) is 36.4 Å². The lowest BCUT2D eigenvalue weighted by atomic mass is 10.2. The molecule has 0 atom stereocenters. The molecule has 3 aromatic rings. The Kier molecular flexibility index (Phi) is 5.81. The molecule has 29 heavy (non-hydrogen) atoms. The zero-order valence-electron chi connectivity index (χ0n) is 16.1. The summed E-state index contributed by atoms with van der Waals surface area (Å²) in [5, 5.41) is 3.09. The van der Waals surface area contributed by atoms with Crippen LogP contribution in [0.15, 0.2) is 72.9 Å². The highest BCUT2D eigenvalue weighted by molar-refractivity contribution is 5.92. The molecule has 1 saturated heterocycles. The SMILES string of the molecule is O=C(c1ccc(Nc2cccc(F)c2)cn1)N1CCN(Cc2ccccc2)CC1. The van der Waals surface area contributed by atoms with Crippen molar-refractivity contribution in [3.05, 3.63) is 90.0 Å². The molecule has 0 saturated carbocycles. The third kappa shape index (κ3) is 4.97. The second-order valence-corrected chi connectivity index (χ2v) is 7.12. The van der Waals surface area contributed by atoms with Gasteiger partial charge >= 0.3 is 0 Å². The van der Waals surface area contributed by atoms with E-state index in [0.29, 0.717) is 30.2 Å². The highest BCUT2D eigenvalue weighted by Crippen LogP contribution is 2.17. The summed E-state index contributed by atoms with van der Waals surface area (Å²) in [6.45, 7) is 3.98. The Morgan fingerprint density at radius 3 is 2.41 bits per heavy atom. The van der Waals surface area contributed by atoms with Crippen LogP contribution in [0.1, 0.15) is 16.1 Å². The second-order valence-electron chi connectivity index (χ2n) is 7.12. The minimum absolute atomic E-state index is 0.0540. The standard InChI is InChI=1S/C23H23FN4O/c24-19-7-4-8-20(15-19)26-21-9-10-22(25-16-21)23(29)28-13-11-27(12-14-28)17-18-5-2-1-3-6-18/h1-10,15-16,26H,11-14,17H2. The summed E-state index contributed by atoms with van der Waals surface area (Å²) in [4.78, 5) is 21.3. The second kappa shape index (κ2) is 8.84. The van der Waals surface area contributed by atoms with Crippen molar-refractivity contribution in [2.75, 3.05) is 31.5 Å². The number of rotatable bonds is 5. The maximum atomic E-state index is 13.3. The van der Waals surface area contributed by atoms with Gasteiger partial charge in [-0.2, -0.15) is 0 Å². The lowest BCUT2D eigenvalue weighted by Crippen LogP contribution is -2.48. The van der Waals surface area contributed by atoms with Crippen LogP contribution in [0, 0.1) is 5.82 Å². The number of hydrogen-bond acceptors (Lipinski definition) is 4. The van der Waals surface area contributed by atoms with Gasteiger partial charge in [-0.25, -0.2) is 9.37 Å². The average Bonchev–Trinajstić information content (AvgIpc) is 2.75. The molecule has 148 valence electrons. The minimum Gasteiger partial charge on any atom is -0.354 e. The monoisotopic (exact) mass is 390 g/mol. The molecule has 0 spiro atoms. The molecule has 0 aliphatic carbocycles. The number of carbonyl (C=O) groups is 1. The molecule has 1 aromatic heterocycles. The first-order chi connectivity index (χ1) is 14.2. The number of halogens is 1. The van der Waals surface area contributed by atoms with E-state index < -0.39 is 0 Å². The molecule has 1 aliphatic heterocycles. The van der Waals surface area contributed by atoms with E-state index in [2.05, 4.69) is 27.3 Å². The Balaban J connectivity index is 1.32. The highest BCUT2D eigenvalue weighted by atomic mass is 19.1. The average molecular weight is 390 g/mol. The van der Waals surface area contributed by atoms with Crippen LogP contribution in [-0.4, -0.2) is 46.9 Å². The number of nitrogens with one attached hydrogen (secondary N) is 1. The van der Waals surface area contributed by atoms with Crippen LogP contribution < -0.4 is 5.32 Å². The number of carbonyl (C=O) groups excluding carboxylic acids is 1. The zero-order valence-corrected chi connectivity index (χ0v) is 16.1. The minimum atomic E-state index is -0.304. The molecule has 2 aromatic carbocycles. The van der Waals surface area contributed by atoms with E-state index in [0.717, 1.165) is 19.6 Å². The largest absolute Gasteiger partial charge is 0.354 e. The van der Waals surface area contributed by atoms with Gasteiger partial charge in [-0.15, -0.1) is 0 Å². The number of aromatic nitrogens is 1. The van der Waals surface area contributed by atoms with Crippen LogP contribution in [0.2, 0.25) is 0 Å². The number of amides is 1. The molecule has 0 bridgehead atoms. The molecule has 2 heterocycles. The Bertz CT molecular complexity index is 954. The van der Waals surface area contributed by atoms with Crippen molar-refractivity contribution in [2.24, 2.45) is 0 Å². The molecule has 1 N–H and O–H groups in total. The number of pyridine rings is 1. The molecule has 4 rings (SSSR count). The van der Waals surface area contributed by atoms with Crippen LogP contribution >= 0.6 is 0 Å². The van der Waals surface area contributed by atoms with Crippen molar-refractivity contribution < 1.29 is 9.18 Å². The number of nitrogens with zero attached hydrogens (tertiary/aromatic N) is 3. The van der Waals surface area contributed by atoms with Crippen molar-refractivity contribution >= 4 is 17.3 Å². The van der Waals surface area contributed by atoms with Gasteiger partial charge in [0.2, 0.25) is 0 Å². The lowest BCUT2D eigenvalue weighted by molar-refractivity contribution is 0.0623. The molecule has 6 heteroatoms. The quantitative estimate of drug-likeness (QED) is 0.717. The fraction of sp³-hybridized carbons (Fsp3) is 0.217. The fourth-order valence-electron chi connectivity index (χ4n) is 3.44. The number of anilines is 2. The lowest BCUT2D eigenvalue weighted by Gasteiger charge is -2.34. The van der Waals surface area contributed by atoms with Crippen molar-refractivity contribution in [2.45, 2.75) is 6.54 Å². The maximum Gasteiger partial charge on any atom is 0.272 e. The predicted octanol–water partition coefficient (Wildman–Crippen LogP) is 3.92. The molecule has 1 amide bonds. The first-order valence-corrected chi connectivity index (χ1v) is 9.71. The number of piperazine rings is 1. The van der Waals surface area contributed by atoms with Gasteiger partial charge in [0.25, 0.3) is 5.91 Å². The molecule has 1 fully saturated rings. The molecule has 1 aliphatic rings. The molecule has 0 unspecified atom stereocenters. The van der Waals surface area contributed by atoms with Crippen LogP contribution in [-0.2, 0) is 6.54 Å². The van der Waals surface area contributed by atoms with E-state index in [-0.39, 0.29) is 11.7 Å².